The van der Waals surface area contributed by atoms with Crippen molar-refractivity contribution >= 4 is 5.91 Å². The molecule has 1 amide bonds. The van der Waals surface area contributed by atoms with Crippen molar-refractivity contribution in [3.63, 3.8) is 0 Å². The third-order valence-corrected chi connectivity index (χ3v) is 8.72. The number of likely N-dealkylation sites (tertiary alicyclic amines) is 1. The van der Waals surface area contributed by atoms with E-state index in [4.69, 9.17) is 4.98 Å². The summed E-state index contributed by atoms with van der Waals surface area (Å²) in [4.78, 5) is 43.3. The van der Waals surface area contributed by atoms with Gasteiger partial charge in [0.2, 0.25) is 5.91 Å². The first kappa shape index (κ1) is 28.1. The number of benzene rings is 2. The Morgan fingerprint density at radius 3 is 2.23 bits per heavy atom. The molecule has 3 aromatic heterocycles. The Labute approximate surface area is 257 Å². The summed E-state index contributed by atoms with van der Waals surface area (Å²) in [6.07, 6.45) is 11.4. The number of hydrogen-bond donors (Lipinski definition) is 3. The molecule has 3 atom stereocenters. The molecule has 0 unspecified atom stereocenters. The molecular formula is C34H37N9O. The Bertz CT molecular complexity index is 1700. The molecule has 0 bridgehead atoms. The van der Waals surface area contributed by atoms with Crippen LogP contribution in [0.25, 0.3) is 33.9 Å². The van der Waals surface area contributed by atoms with E-state index in [-0.39, 0.29) is 24.0 Å². The molecule has 2 saturated heterocycles. The summed E-state index contributed by atoms with van der Waals surface area (Å²) in [6, 6.07) is 18.1. The Balaban J connectivity index is 1.04. The first-order chi connectivity index (χ1) is 21.5. The first-order valence-electron chi connectivity index (χ1n) is 15.3. The molecule has 0 saturated carbocycles. The summed E-state index contributed by atoms with van der Waals surface area (Å²) >= 11 is 0. The minimum absolute atomic E-state index is 0.0733. The maximum atomic E-state index is 13.8. The molecule has 44 heavy (non-hydrogen) atoms. The fraction of sp³-hybridized carbons (Fsp3) is 0.324. The lowest BCUT2D eigenvalue weighted by Gasteiger charge is -2.31. The second-order valence-electron chi connectivity index (χ2n) is 11.8. The Morgan fingerprint density at radius 2 is 1.50 bits per heavy atom. The van der Waals surface area contributed by atoms with Gasteiger partial charge in [0, 0.05) is 12.1 Å². The van der Waals surface area contributed by atoms with Crippen LogP contribution in [0, 0.1) is 0 Å². The number of nitrogens with one attached hydrogen (secondary N) is 3. The number of nitrogens with zero attached hydrogens (tertiary/aromatic N) is 6. The number of rotatable bonds is 8. The van der Waals surface area contributed by atoms with Crippen LogP contribution in [0.4, 0.5) is 0 Å². The van der Waals surface area contributed by atoms with Gasteiger partial charge in [-0.05, 0) is 57.5 Å². The van der Waals surface area contributed by atoms with Gasteiger partial charge in [0.15, 0.2) is 0 Å². The van der Waals surface area contributed by atoms with Gasteiger partial charge in [-0.2, -0.15) is 0 Å². The third-order valence-electron chi connectivity index (χ3n) is 8.72. The molecule has 0 aliphatic carbocycles. The minimum Gasteiger partial charge on any atom is -0.340 e. The van der Waals surface area contributed by atoms with Crippen LogP contribution < -0.4 is 5.32 Å². The van der Waals surface area contributed by atoms with Crippen LogP contribution in [0.1, 0.15) is 61.0 Å². The quantitative estimate of drug-likeness (QED) is 0.225. The predicted octanol–water partition coefficient (Wildman–Crippen LogP) is 5.31. The van der Waals surface area contributed by atoms with Crippen molar-refractivity contribution in [2.24, 2.45) is 0 Å². The van der Waals surface area contributed by atoms with Crippen molar-refractivity contribution in [2.75, 3.05) is 27.2 Å². The maximum absolute atomic E-state index is 13.8. The van der Waals surface area contributed by atoms with Crippen molar-refractivity contribution in [2.45, 2.75) is 43.8 Å². The molecule has 2 aliphatic rings. The van der Waals surface area contributed by atoms with Crippen LogP contribution in [0.3, 0.4) is 0 Å². The van der Waals surface area contributed by atoms with E-state index in [0.717, 1.165) is 83.5 Å². The molecular weight excluding hydrogens is 550 g/mol. The highest BCUT2D eigenvalue weighted by Gasteiger charge is 2.37. The summed E-state index contributed by atoms with van der Waals surface area (Å²) in [5, 5.41) is 3.47. The number of likely N-dealkylation sites (N-methyl/N-ethyl adjacent to an activating group) is 1. The topological polar surface area (TPSA) is 119 Å². The highest BCUT2D eigenvalue weighted by atomic mass is 16.2. The van der Waals surface area contributed by atoms with Gasteiger partial charge in [0.1, 0.15) is 23.4 Å². The zero-order valence-corrected chi connectivity index (χ0v) is 25.1. The van der Waals surface area contributed by atoms with Crippen LogP contribution in [0.2, 0.25) is 0 Å². The third kappa shape index (κ3) is 5.54. The van der Waals surface area contributed by atoms with Crippen LogP contribution in [-0.2, 0) is 4.79 Å². The second kappa shape index (κ2) is 12.1. The molecule has 5 aromatic rings. The monoisotopic (exact) mass is 587 g/mol. The predicted molar refractivity (Wildman–Crippen MR) is 169 cm³/mol. The number of hydrogen-bond acceptors (Lipinski definition) is 7. The largest absolute Gasteiger partial charge is 0.340 e. The van der Waals surface area contributed by atoms with E-state index < -0.39 is 0 Å². The summed E-state index contributed by atoms with van der Waals surface area (Å²) in [5.74, 6) is 1.89. The van der Waals surface area contributed by atoms with Crippen molar-refractivity contribution in [1.29, 1.82) is 0 Å². The molecule has 10 heteroatoms. The second-order valence-corrected chi connectivity index (χ2v) is 11.8. The molecule has 224 valence electrons. The number of aromatic amines is 2. The summed E-state index contributed by atoms with van der Waals surface area (Å²) in [6.45, 7) is 1.76. The Hall–Kier alpha value is -4.67. The zero-order valence-electron chi connectivity index (χ0n) is 25.1. The molecule has 3 N–H and O–H groups in total. The van der Waals surface area contributed by atoms with Crippen LogP contribution in [0.5, 0.6) is 0 Å². The average molecular weight is 588 g/mol. The number of H-pyrrole nitrogens is 2. The van der Waals surface area contributed by atoms with E-state index in [9.17, 15) is 4.79 Å². The van der Waals surface area contributed by atoms with E-state index in [0.29, 0.717) is 0 Å². The fourth-order valence-electron chi connectivity index (χ4n) is 6.42. The molecule has 0 radical (unpaired) electrons. The smallest absolute Gasteiger partial charge is 0.245 e. The number of imidazole rings is 2. The summed E-state index contributed by atoms with van der Waals surface area (Å²) in [5.41, 5.74) is 6.37. The van der Waals surface area contributed by atoms with E-state index in [1.54, 1.807) is 12.4 Å². The standard InChI is InChI=1S/C34H37N9O/c1-42(2)31(24-8-4-3-5-9-24)34(44)43-17-7-11-30(43)33-39-19-27(40-33)23-14-12-22(13-15-23)26-18-37-28(20-36-26)29-21-38-32(41-29)25-10-6-16-35-25/h3-5,8-9,12-15,18-21,25,30-31,35H,6-7,10-11,16-17H2,1-2H3,(H,38,41)(H,39,40)/t25-,30-,31+/m0/s1. The fourth-order valence-corrected chi connectivity index (χ4v) is 6.42. The molecule has 0 spiro atoms. The van der Waals surface area contributed by atoms with Crippen molar-refractivity contribution < 1.29 is 4.79 Å². The number of aromatic nitrogens is 6. The number of carbonyl (C=O) groups is 1. The van der Waals surface area contributed by atoms with Crippen LogP contribution in [0.15, 0.2) is 79.4 Å². The number of amides is 1. The lowest BCUT2D eigenvalue weighted by Crippen LogP contribution is -2.40. The molecule has 2 fully saturated rings. The Morgan fingerprint density at radius 1 is 0.795 bits per heavy atom. The summed E-state index contributed by atoms with van der Waals surface area (Å²) < 4.78 is 0. The molecule has 2 aromatic carbocycles. The maximum Gasteiger partial charge on any atom is 0.245 e. The van der Waals surface area contributed by atoms with Gasteiger partial charge in [0.25, 0.3) is 0 Å². The first-order valence-corrected chi connectivity index (χ1v) is 15.3. The lowest BCUT2D eigenvalue weighted by molar-refractivity contribution is -0.137. The molecule has 10 nitrogen and oxygen atoms in total. The van der Waals surface area contributed by atoms with Crippen molar-refractivity contribution in [3.8, 4) is 33.9 Å². The van der Waals surface area contributed by atoms with Gasteiger partial charge >= 0.3 is 0 Å². The highest BCUT2D eigenvalue weighted by molar-refractivity contribution is 5.84. The number of carbonyl (C=O) groups excluding carboxylic acids is 1. The van der Waals surface area contributed by atoms with Gasteiger partial charge in [0.05, 0.1) is 54.0 Å². The van der Waals surface area contributed by atoms with Crippen LogP contribution >= 0.6 is 0 Å². The van der Waals surface area contributed by atoms with E-state index in [2.05, 4.69) is 42.4 Å². The zero-order chi connectivity index (χ0) is 30.0. The lowest BCUT2D eigenvalue weighted by atomic mass is 10.0. The van der Waals surface area contributed by atoms with Gasteiger partial charge in [-0.25, -0.2) is 9.97 Å². The molecule has 7 rings (SSSR count). The Kier molecular flexibility index (Phi) is 7.76. The highest BCUT2D eigenvalue weighted by Crippen LogP contribution is 2.35. The molecule has 2 aliphatic heterocycles. The van der Waals surface area contributed by atoms with E-state index >= 15 is 0 Å². The average Bonchev–Trinajstić information content (AvgIpc) is 3.88. The SMILES string of the molecule is CN(C)[C@@H](C(=O)N1CCC[C@H]1c1ncc(-c2ccc(-c3cnc(-c4cnc([C@@H]5CCCN5)[nH]4)cn3)cc2)[nH]1)c1ccccc1. The van der Waals surface area contributed by atoms with Gasteiger partial charge < -0.3 is 20.2 Å². The van der Waals surface area contributed by atoms with Crippen LogP contribution in [-0.4, -0.2) is 72.8 Å². The van der Waals surface area contributed by atoms with Gasteiger partial charge in [-0.15, -0.1) is 0 Å². The van der Waals surface area contributed by atoms with Gasteiger partial charge in [-0.1, -0.05) is 54.6 Å². The summed E-state index contributed by atoms with van der Waals surface area (Å²) in [7, 11) is 3.91. The minimum atomic E-state index is -0.331. The van der Waals surface area contributed by atoms with Crippen molar-refractivity contribution in [3.05, 3.63) is 96.6 Å². The molecule has 5 heterocycles. The van der Waals surface area contributed by atoms with Gasteiger partial charge in [-0.3, -0.25) is 19.7 Å². The van der Waals surface area contributed by atoms with E-state index in [1.807, 2.05) is 78.8 Å². The van der Waals surface area contributed by atoms with E-state index in [1.165, 1.54) is 6.42 Å². The van der Waals surface area contributed by atoms with Crippen molar-refractivity contribution in [1.82, 2.24) is 45.0 Å². The normalized spacial score (nSPS) is 19.1.